The zero-order chi connectivity index (χ0) is 16.4. The molecule has 1 amide bonds. The van der Waals surface area contributed by atoms with E-state index in [1.807, 2.05) is 6.07 Å². The molecule has 7 heteroatoms. The lowest BCUT2D eigenvalue weighted by Crippen LogP contribution is -2.17. The van der Waals surface area contributed by atoms with Crippen LogP contribution in [0.2, 0.25) is 0 Å². The van der Waals surface area contributed by atoms with Crippen LogP contribution in [-0.4, -0.2) is 25.7 Å². The van der Waals surface area contributed by atoms with Gasteiger partial charge < -0.3 is 19.1 Å². The summed E-state index contributed by atoms with van der Waals surface area (Å²) in [7, 11) is -3.73. The average Bonchev–Trinajstić information content (AvgIpc) is 2.49. The molecule has 122 valence electrons. The van der Waals surface area contributed by atoms with Crippen LogP contribution >= 0.6 is 7.60 Å². The zero-order valence-corrected chi connectivity index (χ0v) is 14.0. The fourth-order valence-electron chi connectivity index (χ4n) is 1.64. The lowest BCUT2D eigenvalue weighted by Gasteiger charge is -2.19. The van der Waals surface area contributed by atoms with E-state index in [1.165, 1.54) is 0 Å². The average molecular weight is 327 g/mol. The Labute approximate surface area is 131 Å². The molecule has 0 atom stereocenters. The second-order valence-corrected chi connectivity index (χ2v) is 6.10. The molecule has 0 saturated heterocycles. The second kappa shape index (κ2) is 9.41. The summed E-state index contributed by atoms with van der Waals surface area (Å²) < 4.78 is 28.4. The molecule has 0 spiro atoms. The largest absolute Gasteiger partial charge is 0.500 e. The van der Waals surface area contributed by atoms with Crippen molar-refractivity contribution < 1.29 is 23.1 Å². The van der Waals surface area contributed by atoms with Crippen LogP contribution < -0.4 is 5.32 Å². The predicted molar refractivity (Wildman–Crippen MR) is 85.6 cm³/mol. The topological polar surface area (TPSA) is 73.9 Å². The molecule has 0 aromatic heterocycles. The summed E-state index contributed by atoms with van der Waals surface area (Å²) in [4.78, 5) is 12.4. The second-order valence-electron chi connectivity index (χ2n) is 4.11. The van der Waals surface area contributed by atoms with Crippen molar-refractivity contribution in [3.8, 4) is 0 Å². The number of benzene rings is 1. The van der Waals surface area contributed by atoms with Crippen molar-refractivity contribution in [3.63, 3.8) is 0 Å². The number of para-hydroxylation sites is 1. The van der Waals surface area contributed by atoms with Crippen molar-refractivity contribution in [2.24, 2.45) is 0 Å². The molecule has 0 saturated carbocycles. The highest BCUT2D eigenvalue weighted by atomic mass is 31.2. The first kappa shape index (κ1) is 18.4. The van der Waals surface area contributed by atoms with E-state index in [0.717, 1.165) is 6.26 Å². The molecule has 1 aromatic rings. The number of carbonyl (C=O) groups is 1. The SMILES string of the molecule is CCO/C=C(\C(=O)Nc1ccccc1)P(=O)(OCC)OCC. The minimum Gasteiger partial charge on any atom is -0.500 e. The molecule has 6 nitrogen and oxygen atoms in total. The first-order valence-electron chi connectivity index (χ1n) is 7.15. The monoisotopic (exact) mass is 327 g/mol. The van der Waals surface area contributed by atoms with Crippen molar-refractivity contribution in [3.05, 3.63) is 41.9 Å². The summed E-state index contributed by atoms with van der Waals surface area (Å²) in [5.74, 6) is -0.579. The maximum atomic E-state index is 12.8. The van der Waals surface area contributed by atoms with Crippen molar-refractivity contribution in [2.75, 3.05) is 25.1 Å². The molecule has 0 aliphatic carbocycles. The van der Waals surface area contributed by atoms with E-state index >= 15 is 0 Å². The van der Waals surface area contributed by atoms with Crippen molar-refractivity contribution in [1.82, 2.24) is 0 Å². The van der Waals surface area contributed by atoms with Gasteiger partial charge >= 0.3 is 7.60 Å². The Hall–Kier alpha value is -1.62. The molecule has 0 fully saturated rings. The van der Waals surface area contributed by atoms with Gasteiger partial charge in [-0.1, -0.05) is 18.2 Å². The molecular weight excluding hydrogens is 305 g/mol. The Morgan fingerprint density at radius 1 is 1.09 bits per heavy atom. The fourth-order valence-corrected chi connectivity index (χ4v) is 3.18. The third-order valence-electron chi connectivity index (χ3n) is 2.52. The molecule has 1 N–H and O–H groups in total. The van der Waals surface area contributed by atoms with Crippen LogP contribution in [0.15, 0.2) is 41.9 Å². The molecule has 1 aromatic carbocycles. The molecule has 0 aliphatic heterocycles. The van der Waals surface area contributed by atoms with E-state index < -0.39 is 13.5 Å². The van der Waals surface area contributed by atoms with Crippen LogP contribution in [0.1, 0.15) is 20.8 Å². The Morgan fingerprint density at radius 2 is 1.68 bits per heavy atom. The van der Waals surface area contributed by atoms with Crippen LogP contribution in [0.25, 0.3) is 0 Å². The van der Waals surface area contributed by atoms with Gasteiger partial charge in [-0.25, -0.2) is 0 Å². The first-order chi connectivity index (χ1) is 10.6. The third-order valence-corrected chi connectivity index (χ3v) is 4.61. The van der Waals surface area contributed by atoms with E-state index in [4.69, 9.17) is 13.8 Å². The van der Waals surface area contributed by atoms with Gasteiger partial charge in [0, 0.05) is 5.69 Å². The van der Waals surface area contributed by atoms with Crippen LogP contribution in [0, 0.1) is 0 Å². The molecular formula is C15H22NO5P. The van der Waals surface area contributed by atoms with Gasteiger partial charge in [0.1, 0.15) is 6.26 Å². The van der Waals surface area contributed by atoms with Crippen molar-refractivity contribution in [1.29, 1.82) is 0 Å². The van der Waals surface area contributed by atoms with Crippen LogP contribution in [0.4, 0.5) is 5.69 Å². The molecule has 0 heterocycles. The summed E-state index contributed by atoms with van der Waals surface area (Å²) in [6.45, 7) is 5.76. The van der Waals surface area contributed by atoms with Crippen LogP contribution in [0.5, 0.6) is 0 Å². The van der Waals surface area contributed by atoms with Gasteiger partial charge in [0.05, 0.1) is 19.8 Å². The molecule has 0 aliphatic rings. The lowest BCUT2D eigenvalue weighted by atomic mass is 10.3. The summed E-state index contributed by atoms with van der Waals surface area (Å²) in [6.07, 6.45) is 1.14. The van der Waals surface area contributed by atoms with Gasteiger partial charge in [0.25, 0.3) is 5.91 Å². The number of hydrogen-bond acceptors (Lipinski definition) is 5. The molecule has 0 unspecified atom stereocenters. The molecule has 22 heavy (non-hydrogen) atoms. The van der Waals surface area contributed by atoms with Crippen LogP contribution in [-0.2, 0) is 23.1 Å². The third kappa shape index (κ3) is 5.30. The summed E-state index contributed by atoms with van der Waals surface area (Å²) in [6, 6.07) is 8.85. The maximum Gasteiger partial charge on any atom is 0.370 e. The smallest absolute Gasteiger partial charge is 0.370 e. The summed E-state index contributed by atoms with van der Waals surface area (Å²) >= 11 is 0. The zero-order valence-electron chi connectivity index (χ0n) is 13.1. The normalized spacial score (nSPS) is 12.0. The van der Waals surface area contributed by atoms with Gasteiger partial charge in [0.15, 0.2) is 5.31 Å². The van der Waals surface area contributed by atoms with Crippen LogP contribution in [0.3, 0.4) is 0 Å². The number of anilines is 1. The Bertz CT molecular complexity index is 534. The van der Waals surface area contributed by atoms with E-state index in [1.54, 1.807) is 45.0 Å². The molecule has 0 radical (unpaired) electrons. The maximum absolute atomic E-state index is 12.8. The number of ether oxygens (including phenoxy) is 1. The number of rotatable bonds is 9. The van der Waals surface area contributed by atoms with E-state index in [9.17, 15) is 9.36 Å². The Morgan fingerprint density at radius 3 is 2.18 bits per heavy atom. The molecule has 0 bridgehead atoms. The summed E-state index contributed by atoms with van der Waals surface area (Å²) in [5, 5.41) is 2.50. The number of carbonyl (C=O) groups excluding carboxylic acids is 1. The standard InChI is InChI=1S/C15H22NO5P/c1-4-19-12-14(22(18,20-5-2)21-6-3)15(17)16-13-10-8-7-9-11-13/h7-12H,4-6H2,1-3H3,(H,16,17)/b14-12+. The summed E-state index contributed by atoms with van der Waals surface area (Å²) in [5.41, 5.74) is 0.578. The van der Waals surface area contributed by atoms with Crippen molar-refractivity contribution >= 4 is 19.2 Å². The number of nitrogens with one attached hydrogen (secondary N) is 1. The number of amides is 1. The van der Waals surface area contributed by atoms with E-state index in [-0.39, 0.29) is 18.5 Å². The van der Waals surface area contributed by atoms with Crippen molar-refractivity contribution in [2.45, 2.75) is 20.8 Å². The Kier molecular flexibility index (Phi) is 7.88. The molecule has 1 rings (SSSR count). The van der Waals surface area contributed by atoms with Gasteiger partial charge in [-0.15, -0.1) is 0 Å². The lowest BCUT2D eigenvalue weighted by molar-refractivity contribution is -0.112. The number of hydrogen-bond donors (Lipinski definition) is 1. The minimum absolute atomic E-state index is 0.151. The highest BCUT2D eigenvalue weighted by Crippen LogP contribution is 2.56. The minimum atomic E-state index is -3.73. The first-order valence-corrected chi connectivity index (χ1v) is 8.69. The van der Waals surface area contributed by atoms with E-state index in [0.29, 0.717) is 12.3 Å². The van der Waals surface area contributed by atoms with Gasteiger partial charge in [-0.2, -0.15) is 0 Å². The predicted octanol–water partition coefficient (Wildman–Crippen LogP) is 3.77. The van der Waals surface area contributed by atoms with E-state index in [2.05, 4.69) is 5.32 Å². The highest BCUT2D eigenvalue weighted by Gasteiger charge is 2.35. The van der Waals surface area contributed by atoms with Gasteiger partial charge in [-0.05, 0) is 32.9 Å². The Balaban J connectivity index is 3.05. The fraction of sp³-hybridized carbons (Fsp3) is 0.400. The highest BCUT2D eigenvalue weighted by molar-refractivity contribution is 7.60. The van der Waals surface area contributed by atoms with Gasteiger partial charge in [0.2, 0.25) is 0 Å². The quantitative estimate of drug-likeness (QED) is 0.424. The van der Waals surface area contributed by atoms with Gasteiger partial charge in [-0.3, -0.25) is 9.36 Å².